The number of amides is 1. The fourth-order valence-corrected chi connectivity index (χ4v) is 24.4. The molecular formula is C111H141F5LiN12O14P. The van der Waals surface area contributed by atoms with Crippen LogP contribution in [-0.4, -0.2) is 168 Å². The number of benzene rings is 5. The maximum absolute atomic E-state index is 15.4. The van der Waals surface area contributed by atoms with E-state index in [1.165, 1.54) is 62.7 Å². The summed E-state index contributed by atoms with van der Waals surface area (Å²) in [5.41, 5.74) is 23.0. The van der Waals surface area contributed by atoms with Crippen molar-refractivity contribution in [2.24, 2.45) is 29.2 Å². The predicted molar refractivity (Wildman–Crippen MR) is 539 cm³/mol. The molecule has 20 rings (SSSR count). The standard InChI is InChI=1S/C22H27FN2O2.C22H25FN2O2.C20H24FN3O.C20H23FN2O2.C18H19FN2O.C8H17O5P.CH5N.Li.H2O/c2*1-2-27-21(26)13-16-7-10-22(23,11-8-16)12-9-19-17-5-3-4-6-18(17)20-14-24-15-25(19)20;21-20(8-5-14(6-9-20)11-19(22)25)10-7-17-15-3-1-2-4-16(15)18-12-23-13-24(17)18;21-20(8-5-14(6-9-20)11-19(24)25)10-7-17-15-3-1-2-4-16(15)18-12-22-13-23(17)18;19-18(8-5-13(22)6-9-18)10-7-16-14-3-1-2-4-15(14)17-11-20-12-21(16)17;1-4-11-8(9)7-14(10,12-5-2)13-6-3;1-2;;/h3-6,14-16,19H,2,7-13H2,1H3;3-6,13-15,19H,2,7-12H2,1H3;1-4,12-14,17H,5-11H2,(H2,22,25);1-4,12-14,17H,5-11H2,(H,24,25);1-4,11-12,16H,5-10H2;4-7H2,1-3H3;2H2,1H3;;1H2/q;;;;;;;+1;/p-1/t;;14?,17-,20?;;;;;;/m..0....../s1. The van der Waals surface area contributed by atoms with Crippen molar-refractivity contribution >= 4 is 43.2 Å². The van der Waals surface area contributed by atoms with Gasteiger partial charge in [-0.15, -0.1) is 0 Å². The second-order valence-corrected chi connectivity index (χ2v) is 41.6. The number of aliphatic carboxylic acids is 1. The summed E-state index contributed by atoms with van der Waals surface area (Å²) in [5, 5.41) is 8.91. The summed E-state index contributed by atoms with van der Waals surface area (Å²) in [6.07, 6.45) is 38.7. The van der Waals surface area contributed by atoms with Crippen molar-refractivity contribution in [2.75, 3.05) is 46.2 Å². The van der Waals surface area contributed by atoms with Gasteiger partial charge in [0.1, 0.15) is 40.3 Å². The van der Waals surface area contributed by atoms with Crippen LogP contribution in [0.25, 0.3) is 56.3 Å². The fraction of sp³-hybridized carbons (Fsp3) is 0.523. The SMILES string of the molecule is CCOC(=O)C=C1CCC(F)(CCC2c3ccccc3-c3cncn32)CC1.CCOC(=O)CC1CCC(F)(CCC2c3ccccc3-c3cncn32)CC1.CCOC(=O)CP(=O)(OCC)OCC.CN.NC(=O)CC1CCC(F)(CC[C@H]2c3ccccc3-c3cncn32)CC1.O=C(O)CC1CCC(F)(CCC2c3ccccc3-c3cncn32)CC1.O=C1CCC(F)(CCC2c3ccccc3-c3cncn32)CC1.[Li+].[OH-]. The predicted octanol–water partition coefficient (Wildman–Crippen LogP) is 21.0. The molecule has 144 heavy (non-hydrogen) atoms. The van der Waals surface area contributed by atoms with Gasteiger partial charge in [-0.1, -0.05) is 127 Å². The molecule has 5 aliphatic heterocycles. The number of aromatic nitrogens is 10. The molecule has 10 aliphatic rings. The number of imidazole rings is 5. The third-order valence-corrected chi connectivity index (χ3v) is 32.4. The summed E-state index contributed by atoms with van der Waals surface area (Å²) in [6.45, 7) is 10.2. The zero-order valence-corrected chi connectivity index (χ0v) is 85.2. The minimum Gasteiger partial charge on any atom is -0.870 e. The van der Waals surface area contributed by atoms with Crippen molar-refractivity contribution in [3.05, 3.63) is 223 Å². The number of carbonyl (C=O) groups excluding carboxylic acids is 5. The molecule has 6 N–H and O–H groups in total. The number of carbonyl (C=O) groups is 6. The number of nitrogens with zero attached hydrogens (tertiary/aromatic N) is 10. The summed E-state index contributed by atoms with van der Waals surface area (Å²) in [7, 11) is -1.78. The molecule has 1 amide bonds. The van der Waals surface area contributed by atoms with Crippen LogP contribution in [0.15, 0.2) is 196 Å². The van der Waals surface area contributed by atoms with Crippen LogP contribution < -0.4 is 30.3 Å². The molecule has 4 unspecified atom stereocenters. The Kier molecular flexibility index (Phi) is 40.1. The van der Waals surface area contributed by atoms with Gasteiger partial charge in [0.2, 0.25) is 5.91 Å². The Hall–Kier alpha value is -10.8. The monoisotopic (exact) mass is 2000 g/mol. The average Bonchev–Trinajstić information content (AvgIpc) is 1.63. The molecule has 33 heteroatoms. The molecule has 5 fully saturated rings. The quantitative estimate of drug-likeness (QED) is 0.00907. The number of rotatable bonds is 31. The Morgan fingerprint density at radius 2 is 0.660 bits per heavy atom. The van der Waals surface area contributed by atoms with E-state index in [-0.39, 0.29) is 128 Å². The first-order chi connectivity index (χ1) is 68.5. The number of allylic oxidation sites excluding steroid dienone is 1. The van der Waals surface area contributed by atoms with Crippen molar-refractivity contribution in [1.29, 1.82) is 0 Å². The van der Waals surface area contributed by atoms with Crippen LogP contribution in [-0.2, 0) is 56.6 Å². The number of Topliss-reactive ketones (excluding diaryl/α,β-unsaturated/α-hetero) is 1. The number of ketones is 1. The molecule has 0 saturated heterocycles. The Morgan fingerprint density at radius 1 is 0.396 bits per heavy atom. The summed E-state index contributed by atoms with van der Waals surface area (Å²) in [6, 6.07) is 42.4. The number of hydrogen-bond donors (Lipinski definition) is 3. The average molecular weight is 2000 g/mol. The van der Waals surface area contributed by atoms with Crippen LogP contribution >= 0.6 is 7.60 Å². The summed E-state index contributed by atoms with van der Waals surface area (Å²) in [4.78, 5) is 88.8. The number of carboxylic acids is 1. The van der Waals surface area contributed by atoms with Crippen molar-refractivity contribution < 1.29 is 108 Å². The Labute approximate surface area is 854 Å². The summed E-state index contributed by atoms with van der Waals surface area (Å²) >= 11 is 0. The topological polar surface area (TPSA) is 357 Å². The first kappa shape index (κ1) is 112. The van der Waals surface area contributed by atoms with Gasteiger partial charge in [0, 0.05) is 66.0 Å². The van der Waals surface area contributed by atoms with E-state index in [9.17, 15) is 37.7 Å². The van der Waals surface area contributed by atoms with Crippen LogP contribution in [0.3, 0.4) is 0 Å². The van der Waals surface area contributed by atoms with Gasteiger partial charge < -0.3 is 68.1 Å². The van der Waals surface area contributed by atoms with Crippen molar-refractivity contribution in [3.63, 3.8) is 0 Å². The van der Waals surface area contributed by atoms with Gasteiger partial charge in [-0.2, -0.15) is 0 Å². The normalized spacial score (nSPS) is 23.6. The van der Waals surface area contributed by atoms with E-state index in [1.54, 1.807) is 33.8 Å². The van der Waals surface area contributed by atoms with Crippen LogP contribution in [0.2, 0.25) is 0 Å². The van der Waals surface area contributed by atoms with E-state index >= 15 is 17.6 Å². The number of halogens is 5. The smallest absolute Gasteiger partial charge is 0.870 e. The molecular weight excluding hydrogens is 1860 g/mol. The Bertz CT molecular complexity index is 5830. The van der Waals surface area contributed by atoms with Crippen LogP contribution in [0.1, 0.15) is 305 Å². The van der Waals surface area contributed by atoms with E-state index in [4.69, 9.17) is 29.4 Å². The number of nitrogens with two attached hydrogens (primary N) is 2. The zero-order valence-electron chi connectivity index (χ0n) is 84.4. The number of hydrogen-bond acceptors (Lipinski definition) is 19. The molecule has 5 aliphatic carbocycles. The van der Waals surface area contributed by atoms with Crippen LogP contribution in [0, 0.1) is 17.8 Å². The molecule has 0 spiro atoms. The molecule has 770 valence electrons. The maximum Gasteiger partial charge on any atom is 1.00 e. The second-order valence-electron chi connectivity index (χ2n) is 39.5. The van der Waals surface area contributed by atoms with Gasteiger partial charge in [0.25, 0.3) is 0 Å². The molecule has 26 nitrogen and oxygen atoms in total. The van der Waals surface area contributed by atoms with Gasteiger partial charge in [-0.25, -0.2) is 51.7 Å². The molecule has 10 heterocycles. The minimum atomic E-state index is -3.28. The number of ether oxygens (including phenoxy) is 3. The largest absolute Gasteiger partial charge is 1.00 e. The van der Waals surface area contributed by atoms with Gasteiger partial charge in [-0.3, -0.25) is 28.5 Å². The van der Waals surface area contributed by atoms with Gasteiger partial charge >= 0.3 is 50.3 Å². The minimum absolute atomic E-state index is 0. The zero-order chi connectivity index (χ0) is 101. The molecule has 5 atom stereocenters. The second kappa shape index (κ2) is 51.5. The maximum atomic E-state index is 15.4. The van der Waals surface area contributed by atoms with Crippen molar-refractivity contribution in [1.82, 2.24) is 47.8 Å². The number of esters is 3. The van der Waals surface area contributed by atoms with Crippen LogP contribution in [0.4, 0.5) is 22.0 Å². The third-order valence-electron chi connectivity index (χ3n) is 30.4. The number of alkyl halides is 5. The molecule has 10 aromatic rings. The van der Waals surface area contributed by atoms with E-state index in [2.05, 4.69) is 125 Å². The molecule has 5 aromatic heterocycles. The van der Waals surface area contributed by atoms with Crippen molar-refractivity contribution in [3.8, 4) is 56.3 Å². The summed E-state index contributed by atoms with van der Waals surface area (Å²) < 4.78 is 123. The molecule has 5 saturated carbocycles. The van der Waals surface area contributed by atoms with E-state index in [0.29, 0.717) is 161 Å². The number of carboxylic acid groups (broad SMARTS) is 1. The number of fused-ring (bicyclic) bond motifs is 15. The molecule has 0 radical (unpaired) electrons. The van der Waals surface area contributed by atoms with Crippen LogP contribution in [0.5, 0.6) is 0 Å². The first-order valence-electron chi connectivity index (χ1n) is 51.2. The molecule has 5 aromatic carbocycles. The first-order valence-corrected chi connectivity index (χ1v) is 52.9. The number of primary amides is 1. The Morgan fingerprint density at radius 3 is 0.938 bits per heavy atom. The van der Waals surface area contributed by atoms with E-state index < -0.39 is 47.9 Å². The van der Waals surface area contributed by atoms with Gasteiger partial charge in [0.15, 0.2) is 0 Å². The third kappa shape index (κ3) is 27.9. The van der Waals surface area contributed by atoms with Gasteiger partial charge in [-0.05, 0) is 267 Å². The Balaban J connectivity index is 0.000000154. The summed E-state index contributed by atoms with van der Waals surface area (Å²) in [5.74, 6) is -1.20. The van der Waals surface area contributed by atoms with Gasteiger partial charge in [0.05, 0.1) is 154 Å². The fourth-order valence-electron chi connectivity index (χ4n) is 22.9. The van der Waals surface area contributed by atoms with E-state index in [1.807, 2.05) is 124 Å². The van der Waals surface area contributed by atoms with E-state index in [0.717, 1.165) is 91.8 Å². The van der Waals surface area contributed by atoms with Crippen molar-refractivity contribution in [2.45, 2.75) is 305 Å². The molecule has 0 bridgehead atoms.